The molecule has 0 aromatic heterocycles. The van der Waals surface area contributed by atoms with Gasteiger partial charge in [-0.2, -0.15) is 4.90 Å². The summed E-state index contributed by atoms with van der Waals surface area (Å²) in [5, 5.41) is 8.80. The van der Waals surface area contributed by atoms with Crippen molar-refractivity contribution in [2.24, 2.45) is 0 Å². The fraction of sp³-hybridized carbons (Fsp3) is 0.214. The Morgan fingerprint density at radius 2 is 1.64 bits per heavy atom. The van der Waals surface area contributed by atoms with Gasteiger partial charge in [-0.3, -0.25) is 19.3 Å². The number of rotatable bonds is 2. The third-order valence-electron chi connectivity index (χ3n) is 3.70. The predicted octanol–water partition coefficient (Wildman–Crippen LogP) is 0.478. The highest BCUT2D eigenvalue weighted by Gasteiger charge is 2.54. The average Bonchev–Trinajstić information content (AvgIpc) is 2.99. The van der Waals surface area contributed by atoms with Gasteiger partial charge in [0.05, 0.1) is 5.56 Å². The lowest BCUT2D eigenvalue weighted by molar-refractivity contribution is -0.129. The molecule has 0 aliphatic carbocycles. The summed E-state index contributed by atoms with van der Waals surface area (Å²) in [6, 6.07) is 3.00. The Hall–Kier alpha value is -3.03. The van der Waals surface area contributed by atoms with E-state index in [-0.39, 0.29) is 24.0 Å². The van der Waals surface area contributed by atoms with E-state index in [1.54, 1.807) is 0 Å². The minimum atomic E-state index is -1.15. The molecule has 1 unspecified atom stereocenters. The lowest BCUT2D eigenvalue weighted by Crippen LogP contribution is -2.39. The summed E-state index contributed by atoms with van der Waals surface area (Å²) in [7, 11) is 0. The third-order valence-corrected chi connectivity index (χ3v) is 3.70. The fourth-order valence-electron chi connectivity index (χ4n) is 2.58. The summed E-state index contributed by atoms with van der Waals surface area (Å²) >= 11 is 0. The van der Waals surface area contributed by atoms with E-state index in [9.17, 15) is 24.0 Å². The first-order chi connectivity index (χ1) is 10.4. The van der Waals surface area contributed by atoms with E-state index in [4.69, 9.17) is 5.11 Å². The number of benzene rings is 1. The van der Waals surface area contributed by atoms with Crippen LogP contribution < -0.4 is 0 Å². The number of carboxylic acid groups (broad SMARTS) is 1. The molecule has 8 heteroatoms. The summed E-state index contributed by atoms with van der Waals surface area (Å²) < 4.78 is 0. The molecule has 2 aliphatic heterocycles. The van der Waals surface area contributed by atoms with E-state index >= 15 is 0 Å². The van der Waals surface area contributed by atoms with Crippen LogP contribution in [0.2, 0.25) is 0 Å². The number of carbonyl (C=O) groups excluding carboxylic acids is 4. The molecule has 0 bridgehead atoms. The summed E-state index contributed by atoms with van der Waals surface area (Å²) in [6.45, 7) is 0. The zero-order valence-electron chi connectivity index (χ0n) is 11.2. The number of fused-ring (bicyclic) bond motifs is 1. The molecule has 0 spiro atoms. The van der Waals surface area contributed by atoms with Gasteiger partial charge < -0.3 is 5.11 Å². The molecule has 2 saturated heterocycles. The van der Waals surface area contributed by atoms with Gasteiger partial charge >= 0.3 is 12.0 Å². The van der Waals surface area contributed by atoms with Crippen molar-refractivity contribution < 1.29 is 29.1 Å². The number of hydrogen-bond donors (Lipinski definition) is 1. The van der Waals surface area contributed by atoms with E-state index in [0.29, 0.717) is 4.90 Å². The lowest BCUT2D eigenvalue weighted by atomic mass is 10.1. The smallest absolute Gasteiger partial charge is 0.341 e. The maximum atomic E-state index is 12.3. The number of imide groups is 4. The van der Waals surface area contributed by atoms with Crippen LogP contribution in [0, 0.1) is 0 Å². The summed E-state index contributed by atoms with van der Waals surface area (Å²) in [5.41, 5.74) is -0.0215. The minimum absolute atomic E-state index is 0.000299. The Kier molecular flexibility index (Phi) is 3.01. The largest absolute Gasteiger partial charge is 0.478 e. The van der Waals surface area contributed by atoms with Gasteiger partial charge in [0.15, 0.2) is 0 Å². The zero-order valence-corrected chi connectivity index (χ0v) is 11.2. The van der Waals surface area contributed by atoms with Gasteiger partial charge in [-0.15, -0.1) is 0 Å². The van der Waals surface area contributed by atoms with E-state index in [1.165, 1.54) is 24.3 Å². The summed E-state index contributed by atoms with van der Waals surface area (Å²) in [6.07, 6.45) is 0.322. The number of carboxylic acids is 1. The van der Waals surface area contributed by atoms with E-state index < -0.39 is 35.8 Å². The monoisotopic (exact) mass is 302 g/mol. The maximum Gasteiger partial charge on any atom is 0.341 e. The first kappa shape index (κ1) is 13.9. The molecule has 1 N–H and O–H groups in total. The average molecular weight is 302 g/mol. The van der Waals surface area contributed by atoms with Gasteiger partial charge in [-0.25, -0.2) is 9.59 Å². The van der Waals surface area contributed by atoms with Crippen LogP contribution in [-0.4, -0.2) is 50.7 Å². The highest BCUT2D eigenvalue weighted by Crippen LogP contribution is 2.29. The van der Waals surface area contributed by atoms with Crippen molar-refractivity contribution in [2.45, 2.75) is 18.9 Å². The molecular formula is C14H10N2O6. The minimum Gasteiger partial charge on any atom is -0.478 e. The van der Waals surface area contributed by atoms with Crippen molar-refractivity contribution in [3.63, 3.8) is 0 Å². The topological polar surface area (TPSA) is 112 Å². The van der Waals surface area contributed by atoms with Crippen LogP contribution >= 0.6 is 0 Å². The van der Waals surface area contributed by atoms with Gasteiger partial charge in [0, 0.05) is 12.0 Å². The number of carbonyl (C=O) groups is 5. The van der Waals surface area contributed by atoms with Crippen LogP contribution in [0.4, 0.5) is 4.79 Å². The molecule has 5 amide bonds. The maximum absolute atomic E-state index is 12.3. The van der Waals surface area contributed by atoms with Crippen LogP contribution in [0.25, 0.3) is 0 Å². The van der Waals surface area contributed by atoms with E-state index in [1.807, 2.05) is 0 Å². The van der Waals surface area contributed by atoms with Crippen LogP contribution in [-0.2, 0) is 9.59 Å². The van der Waals surface area contributed by atoms with Gasteiger partial charge in [-0.1, -0.05) is 0 Å². The zero-order chi connectivity index (χ0) is 16.0. The molecular weight excluding hydrogens is 292 g/mol. The highest BCUT2D eigenvalue weighted by atomic mass is 16.4. The molecule has 2 heterocycles. The fourth-order valence-corrected chi connectivity index (χ4v) is 2.58. The van der Waals surface area contributed by atoms with Crippen LogP contribution in [0.5, 0.6) is 0 Å². The number of hydrogen-bond acceptors (Lipinski definition) is 5. The standard InChI is InChI=1S/C14H10N2O6/c17-10-6-5-9-12(19)16(14(22)15(9)10)11(18)7-1-3-8(4-2-7)13(20)21/h1-4,9H,5-6H2,(H,20,21). The number of nitrogens with zero attached hydrogens (tertiary/aromatic N) is 2. The summed E-state index contributed by atoms with van der Waals surface area (Å²) in [4.78, 5) is 60.1. The van der Waals surface area contributed by atoms with Crippen molar-refractivity contribution in [1.82, 2.24) is 9.80 Å². The van der Waals surface area contributed by atoms with Crippen molar-refractivity contribution in [3.05, 3.63) is 35.4 Å². The molecule has 22 heavy (non-hydrogen) atoms. The molecule has 3 rings (SSSR count). The SMILES string of the molecule is O=C(O)c1ccc(C(=O)N2C(=O)C3CCC(=O)N3C2=O)cc1. The van der Waals surface area contributed by atoms with Crippen molar-refractivity contribution in [3.8, 4) is 0 Å². The van der Waals surface area contributed by atoms with Crippen molar-refractivity contribution in [2.75, 3.05) is 0 Å². The first-order valence-electron chi connectivity index (χ1n) is 6.49. The van der Waals surface area contributed by atoms with Gasteiger partial charge in [0.1, 0.15) is 6.04 Å². The molecule has 2 aliphatic rings. The van der Waals surface area contributed by atoms with Gasteiger partial charge in [0.2, 0.25) is 5.91 Å². The first-order valence-corrected chi connectivity index (χ1v) is 6.49. The molecule has 2 fully saturated rings. The molecule has 0 radical (unpaired) electrons. The molecule has 112 valence electrons. The highest BCUT2D eigenvalue weighted by molar-refractivity contribution is 6.24. The van der Waals surface area contributed by atoms with E-state index in [2.05, 4.69) is 0 Å². The second-order valence-corrected chi connectivity index (χ2v) is 4.96. The molecule has 8 nitrogen and oxygen atoms in total. The number of aromatic carboxylic acids is 1. The van der Waals surface area contributed by atoms with Crippen LogP contribution in [0.3, 0.4) is 0 Å². The molecule has 1 atom stereocenters. The lowest BCUT2D eigenvalue weighted by Gasteiger charge is -2.13. The quantitative estimate of drug-likeness (QED) is 0.628. The number of amides is 5. The van der Waals surface area contributed by atoms with Crippen molar-refractivity contribution >= 4 is 29.7 Å². The normalized spacial score (nSPS) is 20.5. The van der Waals surface area contributed by atoms with Crippen LogP contribution in [0.15, 0.2) is 24.3 Å². The van der Waals surface area contributed by atoms with Crippen molar-refractivity contribution in [1.29, 1.82) is 0 Å². The van der Waals surface area contributed by atoms with Gasteiger partial charge in [0.25, 0.3) is 11.8 Å². The molecule has 1 aromatic carbocycles. The Labute approximate surface area is 123 Å². The molecule has 1 aromatic rings. The van der Waals surface area contributed by atoms with E-state index in [0.717, 1.165) is 4.90 Å². The Morgan fingerprint density at radius 1 is 1.05 bits per heavy atom. The van der Waals surface area contributed by atoms with Crippen LogP contribution in [0.1, 0.15) is 33.6 Å². The van der Waals surface area contributed by atoms with Gasteiger partial charge in [-0.05, 0) is 30.7 Å². The summed E-state index contributed by atoms with van der Waals surface area (Å²) in [5.74, 6) is -3.21. The molecule has 0 saturated carbocycles. The second-order valence-electron chi connectivity index (χ2n) is 4.96. The third kappa shape index (κ3) is 1.88. The number of urea groups is 1. The Balaban J connectivity index is 1.89. The Morgan fingerprint density at radius 3 is 2.18 bits per heavy atom. The second kappa shape index (κ2) is 4.76. The predicted molar refractivity (Wildman–Crippen MR) is 69.8 cm³/mol. The Bertz CT molecular complexity index is 723.